The van der Waals surface area contributed by atoms with E-state index in [1.165, 1.54) is 0 Å². The van der Waals surface area contributed by atoms with E-state index in [1.54, 1.807) is 6.08 Å². The molecular formula is C18H20O2. The number of aliphatic hydroxyl groups is 2. The van der Waals surface area contributed by atoms with E-state index in [4.69, 9.17) is 0 Å². The summed E-state index contributed by atoms with van der Waals surface area (Å²) >= 11 is 0. The van der Waals surface area contributed by atoms with Crippen LogP contribution in [0, 0.1) is 5.92 Å². The maximum Gasteiger partial charge on any atom is 0.197 e. The predicted octanol–water partition coefficient (Wildman–Crippen LogP) is 3.46. The molecule has 0 spiro atoms. The Labute approximate surface area is 120 Å². The summed E-state index contributed by atoms with van der Waals surface area (Å²) in [4.78, 5) is 0. The normalized spacial score (nSPS) is 20.8. The minimum atomic E-state index is -1.87. The highest BCUT2D eigenvalue weighted by Gasteiger charge is 2.39. The largest absolute Gasteiger partial charge is 0.361 e. The summed E-state index contributed by atoms with van der Waals surface area (Å²) < 4.78 is 0. The summed E-state index contributed by atoms with van der Waals surface area (Å²) in [5.74, 6) is -2.27. The van der Waals surface area contributed by atoms with Crippen LogP contribution in [0.15, 0.2) is 73.4 Å². The molecule has 2 nitrogen and oxygen atoms in total. The molecule has 1 unspecified atom stereocenters. The quantitative estimate of drug-likeness (QED) is 0.634. The van der Waals surface area contributed by atoms with E-state index in [9.17, 15) is 10.2 Å². The van der Waals surface area contributed by atoms with Crippen LogP contribution < -0.4 is 0 Å². The van der Waals surface area contributed by atoms with Gasteiger partial charge in [-0.3, -0.25) is 0 Å². The van der Waals surface area contributed by atoms with Gasteiger partial charge in [-0.25, -0.2) is 0 Å². The Kier molecular flexibility index (Phi) is 4.38. The highest BCUT2D eigenvalue weighted by atomic mass is 16.5. The second kappa shape index (κ2) is 6.04. The molecule has 0 radical (unpaired) electrons. The van der Waals surface area contributed by atoms with Gasteiger partial charge in [0.1, 0.15) is 0 Å². The van der Waals surface area contributed by atoms with Crippen molar-refractivity contribution in [2.45, 2.75) is 18.6 Å². The first-order valence-electron chi connectivity index (χ1n) is 6.74. The van der Waals surface area contributed by atoms with Crippen molar-refractivity contribution in [1.82, 2.24) is 0 Å². The molecule has 0 fully saturated rings. The maximum absolute atomic E-state index is 10.5. The number of allylic oxidation sites excluding steroid dienone is 4. The second-order valence-electron chi connectivity index (χ2n) is 5.02. The minimum absolute atomic E-state index is 0.393. The van der Waals surface area contributed by atoms with Gasteiger partial charge in [0.2, 0.25) is 0 Å². The van der Waals surface area contributed by atoms with Crippen LogP contribution in [0.1, 0.15) is 18.4 Å². The Morgan fingerprint density at radius 1 is 1.10 bits per heavy atom. The zero-order chi connectivity index (χ0) is 14.6. The van der Waals surface area contributed by atoms with E-state index in [2.05, 4.69) is 13.2 Å². The number of hydrogen-bond acceptors (Lipinski definition) is 2. The molecule has 1 atom stereocenters. The van der Waals surface area contributed by atoms with Gasteiger partial charge in [-0.15, -0.1) is 13.2 Å². The third-order valence-electron chi connectivity index (χ3n) is 3.54. The SMILES string of the molecule is C=CCC1=CC(CC=C)C(O)(O)C(c2ccccc2)=C1. The van der Waals surface area contributed by atoms with Crippen LogP contribution in [0.4, 0.5) is 0 Å². The minimum Gasteiger partial charge on any atom is -0.361 e. The molecule has 0 heterocycles. The van der Waals surface area contributed by atoms with E-state index in [0.717, 1.165) is 11.1 Å². The molecule has 0 amide bonds. The third-order valence-corrected chi connectivity index (χ3v) is 3.54. The lowest BCUT2D eigenvalue weighted by Crippen LogP contribution is -2.39. The smallest absolute Gasteiger partial charge is 0.197 e. The molecule has 0 aliphatic heterocycles. The molecule has 0 saturated heterocycles. The molecule has 20 heavy (non-hydrogen) atoms. The first-order valence-corrected chi connectivity index (χ1v) is 6.74. The Hall–Kier alpha value is -1.90. The van der Waals surface area contributed by atoms with Gasteiger partial charge in [0.05, 0.1) is 0 Å². The average Bonchev–Trinajstić information content (AvgIpc) is 2.44. The van der Waals surface area contributed by atoms with E-state index in [1.807, 2.05) is 48.6 Å². The zero-order valence-electron chi connectivity index (χ0n) is 11.5. The first kappa shape index (κ1) is 14.5. The summed E-state index contributed by atoms with van der Waals surface area (Å²) in [6.45, 7) is 7.44. The summed E-state index contributed by atoms with van der Waals surface area (Å²) in [5.41, 5.74) is 2.40. The summed E-state index contributed by atoms with van der Waals surface area (Å²) in [7, 11) is 0. The molecule has 2 heteroatoms. The third kappa shape index (κ3) is 2.82. The van der Waals surface area contributed by atoms with Crippen LogP contribution in [0.25, 0.3) is 5.57 Å². The van der Waals surface area contributed by atoms with Gasteiger partial charge < -0.3 is 10.2 Å². The lowest BCUT2D eigenvalue weighted by molar-refractivity contribution is -0.137. The Morgan fingerprint density at radius 3 is 2.40 bits per heavy atom. The fraction of sp³-hybridized carbons (Fsp3) is 0.222. The molecule has 1 aliphatic rings. The van der Waals surface area contributed by atoms with Gasteiger partial charge in [-0.05, 0) is 30.1 Å². The molecule has 1 aliphatic carbocycles. The molecule has 0 bridgehead atoms. The molecular weight excluding hydrogens is 248 g/mol. The highest BCUT2D eigenvalue weighted by molar-refractivity contribution is 5.75. The van der Waals surface area contributed by atoms with Crippen molar-refractivity contribution in [2.24, 2.45) is 5.92 Å². The van der Waals surface area contributed by atoms with Gasteiger partial charge >= 0.3 is 0 Å². The maximum atomic E-state index is 10.5. The summed E-state index contributed by atoms with van der Waals surface area (Å²) in [6.07, 6.45) is 8.49. The van der Waals surface area contributed by atoms with Crippen LogP contribution in [-0.4, -0.2) is 16.0 Å². The Morgan fingerprint density at radius 2 is 1.80 bits per heavy atom. The van der Waals surface area contributed by atoms with Crippen LogP contribution in [-0.2, 0) is 0 Å². The van der Waals surface area contributed by atoms with Crippen molar-refractivity contribution in [3.8, 4) is 0 Å². The number of benzene rings is 1. The average molecular weight is 268 g/mol. The Bertz CT molecular complexity index is 550. The van der Waals surface area contributed by atoms with Crippen molar-refractivity contribution >= 4 is 5.57 Å². The molecule has 0 saturated carbocycles. The van der Waals surface area contributed by atoms with Crippen molar-refractivity contribution < 1.29 is 10.2 Å². The fourth-order valence-corrected chi connectivity index (χ4v) is 2.53. The lowest BCUT2D eigenvalue weighted by Gasteiger charge is -2.35. The van der Waals surface area contributed by atoms with E-state index < -0.39 is 11.7 Å². The Balaban J connectivity index is 2.48. The second-order valence-corrected chi connectivity index (χ2v) is 5.02. The monoisotopic (exact) mass is 268 g/mol. The standard InChI is InChI=1S/C18H20O2/c1-3-8-14-12-16(9-4-2)18(19,20)17(13-14)15-10-6-5-7-11-15/h3-7,10-13,16,19-20H,1-2,8-9H2. The molecule has 104 valence electrons. The van der Waals surface area contributed by atoms with Crippen molar-refractivity contribution in [3.63, 3.8) is 0 Å². The van der Waals surface area contributed by atoms with Crippen molar-refractivity contribution in [3.05, 3.63) is 78.9 Å². The van der Waals surface area contributed by atoms with Crippen LogP contribution in [0.5, 0.6) is 0 Å². The molecule has 1 aromatic rings. The molecule has 2 N–H and O–H groups in total. The van der Waals surface area contributed by atoms with Gasteiger partial charge in [-0.2, -0.15) is 0 Å². The van der Waals surface area contributed by atoms with Crippen LogP contribution in [0.2, 0.25) is 0 Å². The van der Waals surface area contributed by atoms with Crippen LogP contribution in [0.3, 0.4) is 0 Å². The summed E-state index contributed by atoms with van der Waals surface area (Å²) in [5, 5.41) is 21.1. The van der Waals surface area contributed by atoms with E-state index in [0.29, 0.717) is 18.4 Å². The van der Waals surface area contributed by atoms with Crippen LogP contribution >= 0.6 is 0 Å². The number of rotatable bonds is 5. The van der Waals surface area contributed by atoms with E-state index in [-0.39, 0.29) is 0 Å². The lowest BCUT2D eigenvalue weighted by atomic mass is 9.79. The highest BCUT2D eigenvalue weighted by Crippen LogP contribution is 2.39. The topological polar surface area (TPSA) is 40.5 Å². The zero-order valence-corrected chi connectivity index (χ0v) is 11.5. The molecule has 2 rings (SSSR count). The molecule has 0 aromatic heterocycles. The van der Waals surface area contributed by atoms with Gasteiger partial charge in [0.15, 0.2) is 5.79 Å². The fourth-order valence-electron chi connectivity index (χ4n) is 2.53. The van der Waals surface area contributed by atoms with Crippen molar-refractivity contribution in [2.75, 3.05) is 0 Å². The van der Waals surface area contributed by atoms with Gasteiger partial charge in [0.25, 0.3) is 0 Å². The number of hydrogen-bond donors (Lipinski definition) is 2. The van der Waals surface area contributed by atoms with Gasteiger partial charge in [-0.1, -0.05) is 48.6 Å². The first-order chi connectivity index (χ1) is 9.59. The van der Waals surface area contributed by atoms with E-state index >= 15 is 0 Å². The predicted molar refractivity (Wildman–Crippen MR) is 82.8 cm³/mol. The molecule has 1 aromatic carbocycles. The van der Waals surface area contributed by atoms with Gasteiger partial charge in [0, 0.05) is 11.5 Å². The van der Waals surface area contributed by atoms with Crippen molar-refractivity contribution in [1.29, 1.82) is 0 Å². The summed E-state index contributed by atoms with van der Waals surface area (Å²) in [6, 6.07) is 9.45.